The summed E-state index contributed by atoms with van der Waals surface area (Å²) in [6.07, 6.45) is -4.63. The topological polar surface area (TPSA) is 72.7 Å². The summed E-state index contributed by atoms with van der Waals surface area (Å²) in [5.74, 6) is -0.438. The number of amides is 1. The van der Waals surface area contributed by atoms with Crippen LogP contribution in [0.2, 0.25) is 5.02 Å². The molecule has 2 aromatic heterocycles. The van der Waals surface area contributed by atoms with Crippen LogP contribution in [0.5, 0.6) is 0 Å². The van der Waals surface area contributed by atoms with E-state index in [-0.39, 0.29) is 15.8 Å². The summed E-state index contributed by atoms with van der Waals surface area (Å²) in [5.41, 5.74) is 0.141. The van der Waals surface area contributed by atoms with Crippen molar-refractivity contribution in [1.29, 1.82) is 0 Å². The van der Waals surface area contributed by atoms with Crippen LogP contribution in [0.4, 0.5) is 18.3 Å². The largest absolute Gasteiger partial charge is 0.435 e. The van der Waals surface area contributed by atoms with Gasteiger partial charge in [0.2, 0.25) is 5.13 Å². The highest BCUT2D eigenvalue weighted by molar-refractivity contribution is 7.82. The Morgan fingerprint density at radius 2 is 1.81 bits per heavy atom. The van der Waals surface area contributed by atoms with E-state index in [0.29, 0.717) is 21.2 Å². The van der Waals surface area contributed by atoms with Crippen molar-refractivity contribution in [2.45, 2.75) is 10.5 Å². The molecule has 12 heteroatoms. The molecule has 0 saturated heterocycles. The molecule has 4 rings (SSSR count). The molecular formula is C19H11ClF3N5OS2. The lowest BCUT2D eigenvalue weighted by atomic mass is 10.1. The van der Waals surface area contributed by atoms with E-state index >= 15 is 0 Å². The summed E-state index contributed by atoms with van der Waals surface area (Å²) in [5, 5.41) is 14.3. The van der Waals surface area contributed by atoms with Gasteiger partial charge in [-0.1, -0.05) is 47.2 Å². The number of alkyl halides is 3. The Balaban J connectivity index is 1.69. The molecule has 0 unspecified atom stereocenters. The zero-order chi connectivity index (χ0) is 22.2. The summed E-state index contributed by atoms with van der Waals surface area (Å²) in [4.78, 5) is 12.4. The van der Waals surface area contributed by atoms with Crippen LogP contribution in [-0.4, -0.2) is 25.9 Å². The fraction of sp³-hybridized carbons (Fsp3) is 0.0526. The standard InChI is InChI=1S/C19H11ClF3N5OS2/c20-12-3-1-2-4-13(12)28-14(9-15(27-28)19(21,22)23)10-5-7-11(8-6-10)16(29)24-17-25-26-18(30)31-17/h1-9H,(H,26,30)(H,24,25,29). The minimum atomic E-state index is -4.63. The second kappa shape index (κ2) is 8.33. The Kier molecular flexibility index (Phi) is 5.73. The van der Waals surface area contributed by atoms with Gasteiger partial charge in [-0.2, -0.15) is 18.3 Å². The fourth-order valence-electron chi connectivity index (χ4n) is 2.76. The lowest BCUT2D eigenvalue weighted by Gasteiger charge is -2.10. The third kappa shape index (κ3) is 4.58. The number of aromatic nitrogens is 4. The minimum absolute atomic E-state index is 0.177. The molecule has 0 bridgehead atoms. The molecule has 2 aromatic carbocycles. The van der Waals surface area contributed by atoms with Crippen molar-refractivity contribution in [3.63, 3.8) is 0 Å². The number of para-hydroxylation sites is 1. The van der Waals surface area contributed by atoms with E-state index in [1.807, 2.05) is 0 Å². The summed E-state index contributed by atoms with van der Waals surface area (Å²) in [7, 11) is 0. The fourth-order valence-corrected chi connectivity index (χ4v) is 3.76. The van der Waals surface area contributed by atoms with Gasteiger partial charge >= 0.3 is 6.18 Å². The van der Waals surface area contributed by atoms with Crippen molar-refractivity contribution in [2.75, 3.05) is 5.32 Å². The van der Waals surface area contributed by atoms with Crippen LogP contribution in [0.3, 0.4) is 0 Å². The minimum Gasteiger partial charge on any atom is -0.296 e. The molecule has 0 spiro atoms. The van der Waals surface area contributed by atoms with Crippen molar-refractivity contribution < 1.29 is 18.0 Å². The molecule has 31 heavy (non-hydrogen) atoms. The molecule has 1 amide bonds. The maximum absolute atomic E-state index is 13.3. The first kappa shape index (κ1) is 21.3. The number of carbonyl (C=O) groups excluding carboxylic acids is 1. The van der Waals surface area contributed by atoms with Gasteiger partial charge in [0, 0.05) is 11.1 Å². The second-order valence-electron chi connectivity index (χ2n) is 6.20. The van der Waals surface area contributed by atoms with E-state index in [1.165, 1.54) is 24.3 Å². The Morgan fingerprint density at radius 3 is 2.42 bits per heavy atom. The zero-order valence-electron chi connectivity index (χ0n) is 15.3. The number of thiol groups is 1. The van der Waals surface area contributed by atoms with Crippen LogP contribution in [0, 0.1) is 0 Å². The third-order valence-corrected chi connectivity index (χ3v) is 5.48. The molecule has 0 aliphatic rings. The molecule has 0 aliphatic carbocycles. The highest BCUT2D eigenvalue weighted by Crippen LogP contribution is 2.34. The van der Waals surface area contributed by atoms with E-state index in [1.54, 1.807) is 24.3 Å². The molecule has 1 N–H and O–H groups in total. The number of rotatable bonds is 4. The first-order valence-electron chi connectivity index (χ1n) is 8.59. The zero-order valence-corrected chi connectivity index (χ0v) is 17.7. The van der Waals surface area contributed by atoms with E-state index in [9.17, 15) is 18.0 Å². The monoisotopic (exact) mass is 481 g/mol. The molecule has 0 radical (unpaired) electrons. The van der Waals surface area contributed by atoms with E-state index in [4.69, 9.17) is 11.6 Å². The molecule has 0 fully saturated rings. The number of nitrogens with zero attached hydrogens (tertiary/aromatic N) is 4. The van der Waals surface area contributed by atoms with Crippen LogP contribution in [-0.2, 0) is 6.18 Å². The lowest BCUT2D eigenvalue weighted by molar-refractivity contribution is -0.141. The van der Waals surface area contributed by atoms with Gasteiger partial charge in [0.15, 0.2) is 10.0 Å². The lowest BCUT2D eigenvalue weighted by Crippen LogP contribution is -2.11. The number of nitrogens with one attached hydrogen (secondary N) is 1. The van der Waals surface area contributed by atoms with Gasteiger partial charge in [0.1, 0.15) is 0 Å². The summed E-state index contributed by atoms with van der Waals surface area (Å²) >= 11 is 11.3. The molecule has 0 aliphatic heterocycles. The average Bonchev–Trinajstić information content (AvgIpc) is 3.35. The van der Waals surface area contributed by atoms with Gasteiger partial charge in [-0.15, -0.1) is 22.8 Å². The van der Waals surface area contributed by atoms with Crippen molar-refractivity contribution >= 4 is 46.6 Å². The molecule has 2 heterocycles. The maximum atomic E-state index is 13.3. The van der Waals surface area contributed by atoms with E-state index < -0.39 is 17.8 Å². The number of carbonyl (C=O) groups is 1. The SMILES string of the molecule is O=C(Nc1nnc(S)s1)c1ccc(-c2cc(C(F)(F)F)nn2-c2ccccc2Cl)cc1. The highest BCUT2D eigenvalue weighted by Gasteiger charge is 2.35. The van der Waals surface area contributed by atoms with Gasteiger partial charge < -0.3 is 0 Å². The van der Waals surface area contributed by atoms with Crippen molar-refractivity contribution in [3.8, 4) is 16.9 Å². The van der Waals surface area contributed by atoms with Crippen molar-refractivity contribution in [1.82, 2.24) is 20.0 Å². The van der Waals surface area contributed by atoms with Gasteiger partial charge in [0.05, 0.1) is 16.4 Å². The Morgan fingerprint density at radius 1 is 1.10 bits per heavy atom. The first-order chi connectivity index (χ1) is 14.7. The quantitative estimate of drug-likeness (QED) is 0.294. The van der Waals surface area contributed by atoms with E-state index in [2.05, 4.69) is 33.2 Å². The van der Waals surface area contributed by atoms with E-state index in [0.717, 1.165) is 22.1 Å². The first-order valence-corrected chi connectivity index (χ1v) is 10.2. The number of benzene rings is 2. The van der Waals surface area contributed by atoms with Gasteiger partial charge in [-0.05, 0) is 30.3 Å². The Labute approximate surface area is 188 Å². The summed E-state index contributed by atoms with van der Waals surface area (Å²) in [6, 6.07) is 13.4. The van der Waals surface area contributed by atoms with Gasteiger partial charge in [-0.25, -0.2) is 4.68 Å². The van der Waals surface area contributed by atoms with Crippen LogP contribution >= 0.6 is 35.6 Å². The normalized spacial score (nSPS) is 11.5. The van der Waals surface area contributed by atoms with Crippen molar-refractivity contribution in [2.24, 2.45) is 0 Å². The second-order valence-corrected chi connectivity index (χ2v) is 8.31. The van der Waals surface area contributed by atoms with Crippen LogP contribution in [0.25, 0.3) is 16.9 Å². The molecule has 158 valence electrons. The predicted molar refractivity (Wildman–Crippen MR) is 114 cm³/mol. The number of anilines is 1. The summed E-state index contributed by atoms with van der Waals surface area (Å²) < 4.78 is 41.5. The van der Waals surface area contributed by atoms with Gasteiger partial charge in [-0.3, -0.25) is 10.1 Å². The summed E-state index contributed by atoms with van der Waals surface area (Å²) in [6.45, 7) is 0. The maximum Gasteiger partial charge on any atom is 0.435 e. The Hall–Kier alpha value is -2.89. The molecule has 6 nitrogen and oxygen atoms in total. The van der Waals surface area contributed by atoms with Crippen LogP contribution in [0.1, 0.15) is 16.1 Å². The molecule has 4 aromatic rings. The Bertz CT molecular complexity index is 1250. The van der Waals surface area contributed by atoms with Crippen LogP contribution < -0.4 is 5.32 Å². The number of hydrogen-bond donors (Lipinski definition) is 2. The molecular weight excluding hydrogens is 471 g/mol. The molecule has 0 atom stereocenters. The van der Waals surface area contributed by atoms with Crippen molar-refractivity contribution in [3.05, 3.63) is 70.9 Å². The van der Waals surface area contributed by atoms with Crippen LogP contribution in [0.15, 0.2) is 58.9 Å². The smallest absolute Gasteiger partial charge is 0.296 e. The average molecular weight is 482 g/mol. The third-order valence-electron chi connectivity index (χ3n) is 4.16. The molecule has 0 saturated carbocycles. The van der Waals surface area contributed by atoms with Gasteiger partial charge in [0.25, 0.3) is 5.91 Å². The number of halogens is 4. The predicted octanol–water partition coefficient (Wildman–Crippen LogP) is 5.60. The number of hydrogen-bond acceptors (Lipinski definition) is 6. The highest BCUT2D eigenvalue weighted by atomic mass is 35.5.